The van der Waals surface area contributed by atoms with Crippen molar-refractivity contribution >= 4 is 31.8 Å². The van der Waals surface area contributed by atoms with Crippen molar-refractivity contribution in [1.82, 2.24) is 9.97 Å². The highest BCUT2D eigenvalue weighted by molar-refractivity contribution is 7.91. The van der Waals surface area contributed by atoms with Gasteiger partial charge in [-0.3, -0.25) is 0 Å². The molecule has 2 aromatic heterocycles. The summed E-state index contributed by atoms with van der Waals surface area (Å²) in [7, 11) is -3.32. The third kappa shape index (κ3) is 3.55. The predicted molar refractivity (Wildman–Crippen MR) is 119 cm³/mol. The van der Waals surface area contributed by atoms with E-state index in [1.54, 1.807) is 38.2 Å². The Hall–Kier alpha value is -2.90. The quantitative estimate of drug-likeness (QED) is 0.483. The smallest absolute Gasteiger partial charge is 0.178 e. The number of rotatable bonds is 6. The third-order valence-corrected chi connectivity index (χ3v) is 6.91. The lowest BCUT2D eigenvalue weighted by Crippen LogP contribution is -2.16. The first-order valence-corrected chi connectivity index (χ1v) is 11.5. The van der Waals surface area contributed by atoms with E-state index in [9.17, 15) is 13.5 Å². The van der Waals surface area contributed by atoms with Crippen LogP contribution in [0.1, 0.15) is 19.4 Å². The summed E-state index contributed by atoms with van der Waals surface area (Å²) in [5.74, 6) is 0.664. The van der Waals surface area contributed by atoms with Crippen LogP contribution in [0.2, 0.25) is 0 Å². The van der Waals surface area contributed by atoms with Gasteiger partial charge in [-0.1, -0.05) is 19.1 Å². The van der Waals surface area contributed by atoms with E-state index in [1.165, 1.54) is 0 Å². The summed E-state index contributed by atoms with van der Waals surface area (Å²) in [6.45, 7) is 5.32. The molecule has 2 heterocycles. The van der Waals surface area contributed by atoms with Gasteiger partial charge in [-0.2, -0.15) is 0 Å². The van der Waals surface area contributed by atoms with Crippen LogP contribution in [0.5, 0.6) is 5.75 Å². The van der Waals surface area contributed by atoms with Crippen LogP contribution >= 0.6 is 0 Å². The molecule has 0 saturated carbocycles. The molecule has 0 aliphatic carbocycles. The molecule has 1 unspecified atom stereocenters. The molecule has 0 amide bonds. The molecule has 0 bridgehead atoms. The van der Waals surface area contributed by atoms with E-state index in [4.69, 9.17) is 4.74 Å². The van der Waals surface area contributed by atoms with Crippen LogP contribution in [0, 0.1) is 6.92 Å². The average Bonchev–Trinajstić information content (AvgIpc) is 3.13. The Labute approximate surface area is 175 Å². The predicted octanol–water partition coefficient (Wildman–Crippen LogP) is 4.24. The molecule has 7 heteroatoms. The largest absolute Gasteiger partial charge is 0.486 e. The van der Waals surface area contributed by atoms with Crippen LogP contribution in [0.25, 0.3) is 33.1 Å². The minimum atomic E-state index is -3.32. The summed E-state index contributed by atoms with van der Waals surface area (Å²) in [5.41, 5.74) is 4.21. The molecule has 0 aliphatic heterocycles. The maximum atomic E-state index is 12.4. The number of nitrogens with zero attached hydrogens (tertiary/aromatic N) is 1. The maximum absolute atomic E-state index is 12.4. The lowest BCUT2D eigenvalue weighted by Gasteiger charge is -2.14. The lowest BCUT2D eigenvalue weighted by atomic mass is 9.99. The van der Waals surface area contributed by atoms with Gasteiger partial charge in [0.15, 0.2) is 9.84 Å². The SMILES string of the molecule is CCS(=O)(=O)c1cccc(-c2ccc(OC(C)CO)c3[nH]c4ncc(C)cc4c23)c1. The van der Waals surface area contributed by atoms with Gasteiger partial charge in [0, 0.05) is 17.0 Å². The molecule has 0 aliphatic rings. The average molecular weight is 425 g/mol. The second-order valence-corrected chi connectivity index (χ2v) is 9.72. The van der Waals surface area contributed by atoms with Gasteiger partial charge >= 0.3 is 0 Å². The normalized spacial score (nSPS) is 13.1. The van der Waals surface area contributed by atoms with Crippen LogP contribution in [0.4, 0.5) is 0 Å². The minimum Gasteiger partial charge on any atom is -0.486 e. The summed E-state index contributed by atoms with van der Waals surface area (Å²) in [6.07, 6.45) is 1.43. The molecule has 1 atom stereocenters. The Bertz CT molecular complexity index is 1340. The number of aliphatic hydroxyl groups is 1. The van der Waals surface area contributed by atoms with Gasteiger partial charge in [-0.25, -0.2) is 13.4 Å². The van der Waals surface area contributed by atoms with E-state index >= 15 is 0 Å². The highest BCUT2D eigenvalue weighted by Crippen LogP contribution is 2.39. The summed E-state index contributed by atoms with van der Waals surface area (Å²) in [5, 5.41) is 11.3. The van der Waals surface area contributed by atoms with Crippen molar-refractivity contribution in [2.45, 2.75) is 31.8 Å². The first kappa shape index (κ1) is 20.4. The minimum absolute atomic E-state index is 0.0495. The topological polar surface area (TPSA) is 92.3 Å². The lowest BCUT2D eigenvalue weighted by molar-refractivity contribution is 0.131. The van der Waals surface area contributed by atoms with Crippen molar-refractivity contribution in [3.8, 4) is 16.9 Å². The highest BCUT2D eigenvalue weighted by Gasteiger charge is 2.18. The number of H-pyrrole nitrogens is 1. The number of aliphatic hydroxyl groups excluding tert-OH is 1. The fourth-order valence-corrected chi connectivity index (χ4v) is 4.51. The van der Waals surface area contributed by atoms with Crippen molar-refractivity contribution in [3.05, 3.63) is 54.2 Å². The standard InChI is InChI=1S/C23H24N2O4S/c1-4-30(27,28)17-7-5-6-16(11-17)18-8-9-20(29-15(3)13-26)22-21(18)19-10-14(2)12-24-23(19)25-22/h5-12,15,26H,4,13H2,1-3H3,(H,24,25). The monoisotopic (exact) mass is 424 g/mol. The number of ether oxygens (including phenoxy) is 1. The van der Waals surface area contributed by atoms with Crippen molar-refractivity contribution < 1.29 is 18.3 Å². The summed E-state index contributed by atoms with van der Waals surface area (Å²) >= 11 is 0. The molecule has 156 valence electrons. The van der Waals surface area contributed by atoms with Crippen LogP contribution < -0.4 is 4.74 Å². The van der Waals surface area contributed by atoms with Gasteiger partial charge in [0.1, 0.15) is 17.5 Å². The first-order valence-electron chi connectivity index (χ1n) is 9.85. The number of sulfone groups is 1. The molecule has 4 aromatic rings. The Kier molecular flexibility index (Phi) is 5.26. The zero-order valence-electron chi connectivity index (χ0n) is 17.1. The number of fused-ring (bicyclic) bond motifs is 3. The number of benzene rings is 2. The molecule has 30 heavy (non-hydrogen) atoms. The molecule has 0 fully saturated rings. The second kappa shape index (κ2) is 7.74. The van der Waals surface area contributed by atoms with E-state index in [0.717, 1.165) is 38.6 Å². The van der Waals surface area contributed by atoms with Crippen molar-refractivity contribution in [1.29, 1.82) is 0 Å². The zero-order chi connectivity index (χ0) is 21.5. The van der Waals surface area contributed by atoms with Crippen molar-refractivity contribution in [3.63, 3.8) is 0 Å². The highest BCUT2D eigenvalue weighted by atomic mass is 32.2. The van der Waals surface area contributed by atoms with Crippen LogP contribution in [-0.2, 0) is 9.84 Å². The van der Waals surface area contributed by atoms with E-state index < -0.39 is 9.84 Å². The number of aryl methyl sites for hydroxylation is 1. The number of pyridine rings is 1. The molecule has 0 radical (unpaired) electrons. The number of hydrogen-bond acceptors (Lipinski definition) is 5. The molecule has 6 nitrogen and oxygen atoms in total. The molecule has 4 rings (SSSR count). The van der Waals surface area contributed by atoms with Crippen molar-refractivity contribution in [2.24, 2.45) is 0 Å². The molecule has 2 aromatic carbocycles. The van der Waals surface area contributed by atoms with E-state index in [1.807, 2.05) is 25.1 Å². The molecular formula is C23H24N2O4S. The van der Waals surface area contributed by atoms with E-state index in [-0.39, 0.29) is 18.5 Å². The molecule has 0 spiro atoms. The van der Waals surface area contributed by atoms with Gasteiger partial charge in [0.05, 0.1) is 22.8 Å². The van der Waals surface area contributed by atoms with Gasteiger partial charge < -0.3 is 14.8 Å². The summed E-state index contributed by atoms with van der Waals surface area (Å²) in [6, 6.07) is 12.8. The number of aromatic nitrogens is 2. The Morgan fingerprint density at radius 3 is 2.73 bits per heavy atom. The fourth-order valence-electron chi connectivity index (χ4n) is 3.58. The fraction of sp³-hybridized carbons (Fsp3) is 0.261. The van der Waals surface area contributed by atoms with E-state index in [2.05, 4.69) is 16.0 Å². The van der Waals surface area contributed by atoms with Gasteiger partial charge in [0.2, 0.25) is 0 Å². The molecule has 0 saturated heterocycles. The van der Waals surface area contributed by atoms with Crippen LogP contribution in [-0.4, -0.2) is 42.0 Å². The van der Waals surface area contributed by atoms with Gasteiger partial charge in [-0.05, 0) is 60.9 Å². The van der Waals surface area contributed by atoms with Crippen LogP contribution in [0.3, 0.4) is 0 Å². The second-order valence-electron chi connectivity index (χ2n) is 7.44. The zero-order valence-corrected chi connectivity index (χ0v) is 18.0. The van der Waals surface area contributed by atoms with Gasteiger partial charge in [-0.15, -0.1) is 0 Å². The Morgan fingerprint density at radius 2 is 2.00 bits per heavy atom. The summed E-state index contributed by atoms with van der Waals surface area (Å²) < 4.78 is 30.7. The van der Waals surface area contributed by atoms with Crippen LogP contribution in [0.15, 0.2) is 53.6 Å². The summed E-state index contributed by atoms with van der Waals surface area (Å²) in [4.78, 5) is 8.14. The number of hydrogen-bond donors (Lipinski definition) is 2. The Morgan fingerprint density at radius 1 is 1.20 bits per heavy atom. The van der Waals surface area contributed by atoms with Crippen molar-refractivity contribution in [2.75, 3.05) is 12.4 Å². The van der Waals surface area contributed by atoms with Gasteiger partial charge in [0.25, 0.3) is 0 Å². The maximum Gasteiger partial charge on any atom is 0.178 e. The molecule has 2 N–H and O–H groups in total. The first-order chi connectivity index (χ1) is 14.3. The van der Waals surface area contributed by atoms with E-state index in [0.29, 0.717) is 10.6 Å². The number of aromatic amines is 1. The third-order valence-electron chi connectivity index (χ3n) is 5.17. The number of nitrogens with one attached hydrogen (secondary N) is 1. The Balaban J connectivity index is 2.02. The molecular weight excluding hydrogens is 400 g/mol.